The van der Waals surface area contributed by atoms with E-state index in [2.05, 4.69) is 5.48 Å². The zero-order valence-corrected chi connectivity index (χ0v) is 8.96. The molecule has 2 N–H and O–H groups in total. The van der Waals surface area contributed by atoms with Gasteiger partial charge in [-0.1, -0.05) is 30.3 Å². The Morgan fingerprint density at radius 1 is 1.29 bits per heavy atom. The largest absolute Gasteiger partial charge is 0.317 e. The summed E-state index contributed by atoms with van der Waals surface area (Å²) in [5.74, 6) is 0.199. The number of hydroxylamine groups is 1. The van der Waals surface area contributed by atoms with E-state index in [0.717, 1.165) is 5.56 Å². The Morgan fingerprint density at radius 2 is 1.93 bits per heavy atom. The zero-order valence-electron chi connectivity index (χ0n) is 7.45. The van der Waals surface area contributed by atoms with Crippen molar-refractivity contribution in [3.8, 4) is 0 Å². The van der Waals surface area contributed by atoms with Gasteiger partial charge in [0, 0.05) is 18.4 Å². The van der Waals surface area contributed by atoms with Gasteiger partial charge in [-0.05, 0) is 5.56 Å². The van der Waals surface area contributed by atoms with Gasteiger partial charge in [0.15, 0.2) is 0 Å². The molecule has 2 rings (SSSR count). The van der Waals surface area contributed by atoms with E-state index in [1.807, 2.05) is 30.3 Å². The molecule has 1 fully saturated rings. The van der Waals surface area contributed by atoms with Crippen LogP contribution in [0.1, 0.15) is 11.5 Å². The summed E-state index contributed by atoms with van der Waals surface area (Å²) in [7, 11) is 0. The van der Waals surface area contributed by atoms with Gasteiger partial charge in [0.05, 0.1) is 0 Å². The van der Waals surface area contributed by atoms with E-state index in [0.29, 0.717) is 6.54 Å². The fraction of sp³-hybridized carbons (Fsp3) is 0.400. The SMILES string of the molecule is ONCC1C(c2ccccc2)C1(Cl)Cl. The highest BCUT2D eigenvalue weighted by Gasteiger charge is 2.63. The molecule has 1 aromatic rings. The van der Waals surface area contributed by atoms with Gasteiger partial charge in [0.25, 0.3) is 0 Å². The van der Waals surface area contributed by atoms with Crippen LogP contribution in [0, 0.1) is 5.92 Å². The smallest absolute Gasteiger partial charge is 0.130 e. The van der Waals surface area contributed by atoms with Gasteiger partial charge in [-0.25, -0.2) is 5.48 Å². The van der Waals surface area contributed by atoms with Crippen LogP contribution in [0.25, 0.3) is 0 Å². The van der Waals surface area contributed by atoms with Crippen LogP contribution in [0.15, 0.2) is 30.3 Å². The quantitative estimate of drug-likeness (QED) is 0.620. The van der Waals surface area contributed by atoms with E-state index in [4.69, 9.17) is 28.4 Å². The van der Waals surface area contributed by atoms with Gasteiger partial charge >= 0.3 is 0 Å². The first-order valence-corrected chi connectivity index (χ1v) is 5.23. The van der Waals surface area contributed by atoms with Crippen LogP contribution in [0.5, 0.6) is 0 Å². The summed E-state index contributed by atoms with van der Waals surface area (Å²) in [5.41, 5.74) is 3.24. The van der Waals surface area contributed by atoms with Crippen LogP contribution < -0.4 is 5.48 Å². The standard InChI is InChI=1S/C10H11Cl2NO/c11-10(12)8(6-13-14)9(10)7-4-2-1-3-5-7/h1-5,8-9,13-14H,6H2. The number of rotatable bonds is 3. The lowest BCUT2D eigenvalue weighted by molar-refractivity contribution is 0.161. The number of hydrogen-bond donors (Lipinski definition) is 2. The van der Waals surface area contributed by atoms with E-state index < -0.39 is 4.33 Å². The number of alkyl halides is 2. The molecule has 0 spiro atoms. The summed E-state index contributed by atoms with van der Waals surface area (Å²) in [6, 6.07) is 9.88. The monoisotopic (exact) mass is 231 g/mol. The van der Waals surface area contributed by atoms with Gasteiger partial charge < -0.3 is 5.21 Å². The first-order chi connectivity index (χ1) is 6.68. The minimum Gasteiger partial charge on any atom is -0.317 e. The van der Waals surface area contributed by atoms with E-state index in [9.17, 15) is 0 Å². The fourth-order valence-electron chi connectivity index (χ4n) is 1.86. The molecular weight excluding hydrogens is 221 g/mol. The molecule has 0 aromatic heterocycles. The van der Waals surface area contributed by atoms with Crippen molar-refractivity contribution in [3.63, 3.8) is 0 Å². The highest BCUT2D eigenvalue weighted by Crippen LogP contribution is 2.64. The predicted octanol–water partition coefficient (Wildman–Crippen LogP) is 2.55. The Balaban J connectivity index is 2.15. The summed E-state index contributed by atoms with van der Waals surface area (Å²) < 4.78 is -0.739. The molecule has 2 nitrogen and oxygen atoms in total. The molecule has 0 saturated heterocycles. The Kier molecular flexibility index (Phi) is 2.71. The Morgan fingerprint density at radius 3 is 2.50 bits per heavy atom. The fourth-order valence-corrected chi connectivity index (χ4v) is 2.69. The van der Waals surface area contributed by atoms with Crippen molar-refractivity contribution in [2.45, 2.75) is 10.3 Å². The molecule has 76 valence electrons. The lowest BCUT2D eigenvalue weighted by Gasteiger charge is -1.98. The van der Waals surface area contributed by atoms with Gasteiger partial charge in [-0.15, -0.1) is 23.2 Å². The Bertz CT molecular complexity index is 315. The molecule has 0 radical (unpaired) electrons. The minimum atomic E-state index is -0.739. The molecular formula is C10H11Cl2NO. The van der Waals surface area contributed by atoms with Crippen molar-refractivity contribution < 1.29 is 5.21 Å². The molecule has 14 heavy (non-hydrogen) atoms. The summed E-state index contributed by atoms with van der Waals surface area (Å²) in [6.07, 6.45) is 0. The third-order valence-corrected chi connectivity index (χ3v) is 3.70. The zero-order chi connectivity index (χ0) is 10.2. The second kappa shape index (κ2) is 3.70. The second-order valence-electron chi connectivity index (χ2n) is 3.53. The summed E-state index contributed by atoms with van der Waals surface area (Å²) in [4.78, 5) is 0. The van der Waals surface area contributed by atoms with E-state index in [-0.39, 0.29) is 11.8 Å². The molecule has 0 heterocycles. The summed E-state index contributed by atoms with van der Waals surface area (Å²) >= 11 is 12.2. The Hall–Kier alpha value is -0.280. The first-order valence-electron chi connectivity index (χ1n) is 4.47. The maximum absolute atomic E-state index is 8.61. The van der Waals surface area contributed by atoms with Crippen LogP contribution in [-0.4, -0.2) is 16.1 Å². The van der Waals surface area contributed by atoms with Crippen LogP contribution in [0.2, 0.25) is 0 Å². The normalized spacial score (nSPS) is 28.8. The van der Waals surface area contributed by atoms with Crippen molar-refractivity contribution in [2.24, 2.45) is 5.92 Å². The van der Waals surface area contributed by atoms with E-state index in [1.54, 1.807) is 0 Å². The third-order valence-electron chi connectivity index (χ3n) is 2.67. The first kappa shape index (κ1) is 10.2. The second-order valence-corrected chi connectivity index (χ2v) is 4.98. The van der Waals surface area contributed by atoms with Crippen molar-refractivity contribution in [1.82, 2.24) is 5.48 Å². The molecule has 1 aliphatic carbocycles. The van der Waals surface area contributed by atoms with Gasteiger partial charge in [-0.3, -0.25) is 0 Å². The van der Waals surface area contributed by atoms with Crippen molar-refractivity contribution >= 4 is 23.2 Å². The van der Waals surface area contributed by atoms with Gasteiger partial charge in [0.2, 0.25) is 0 Å². The average molecular weight is 232 g/mol. The van der Waals surface area contributed by atoms with Crippen LogP contribution >= 0.6 is 23.2 Å². The maximum atomic E-state index is 8.61. The lowest BCUT2D eigenvalue weighted by Crippen LogP contribution is -2.13. The minimum absolute atomic E-state index is 0.0817. The Labute approximate surface area is 92.8 Å². The molecule has 2 atom stereocenters. The topological polar surface area (TPSA) is 32.3 Å². The van der Waals surface area contributed by atoms with Crippen molar-refractivity contribution in [3.05, 3.63) is 35.9 Å². The number of nitrogens with one attached hydrogen (secondary N) is 1. The number of halogens is 2. The molecule has 0 amide bonds. The van der Waals surface area contributed by atoms with Crippen LogP contribution in [-0.2, 0) is 0 Å². The molecule has 0 aliphatic heterocycles. The van der Waals surface area contributed by atoms with E-state index >= 15 is 0 Å². The highest BCUT2D eigenvalue weighted by molar-refractivity contribution is 6.52. The average Bonchev–Trinajstić information content (AvgIpc) is 2.71. The molecule has 2 unspecified atom stereocenters. The summed E-state index contributed by atoms with van der Waals surface area (Å²) in [6.45, 7) is 0.423. The van der Waals surface area contributed by atoms with Crippen LogP contribution in [0.3, 0.4) is 0 Å². The van der Waals surface area contributed by atoms with E-state index in [1.165, 1.54) is 0 Å². The molecule has 1 aliphatic rings. The van der Waals surface area contributed by atoms with Gasteiger partial charge in [0.1, 0.15) is 4.33 Å². The molecule has 1 aromatic carbocycles. The molecule has 0 bridgehead atoms. The number of hydrogen-bond acceptors (Lipinski definition) is 2. The molecule has 1 saturated carbocycles. The van der Waals surface area contributed by atoms with Gasteiger partial charge in [-0.2, -0.15) is 0 Å². The van der Waals surface area contributed by atoms with Crippen molar-refractivity contribution in [1.29, 1.82) is 0 Å². The predicted molar refractivity (Wildman–Crippen MR) is 56.9 cm³/mol. The molecule has 4 heteroatoms. The maximum Gasteiger partial charge on any atom is 0.130 e. The lowest BCUT2D eigenvalue weighted by atomic mass is 10.1. The summed E-state index contributed by atoms with van der Waals surface area (Å²) in [5, 5.41) is 8.61. The van der Waals surface area contributed by atoms with Crippen LogP contribution in [0.4, 0.5) is 0 Å². The number of benzene rings is 1. The highest BCUT2D eigenvalue weighted by atomic mass is 35.5. The third kappa shape index (κ3) is 1.63. The van der Waals surface area contributed by atoms with Crippen molar-refractivity contribution in [2.75, 3.05) is 6.54 Å².